The van der Waals surface area contributed by atoms with Crippen molar-refractivity contribution in [2.45, 2.75) is 18.2 Å². The highest BCUT2D eigenvalue weighted by Crippen LogP contribution is 2.23. The fourth-order valence-corrected chi connectivity index (χ4v) is 4.38. The molecular weight excluding hydrogens is 464 g/mol. The van der Waals surface area contributed by atoms with Crippen LogP contribution in [0.25, 0.3) is 0 Å². The molecule has 2 aromatic carbocycles. The van der Waals surface area contributed by atoms with Crippen molar-refractivity contribution >= 4 is 44.1 Å². The Morgan fingerprint density at radius 3 is 2.59 bits per heavy atom. The lowest BCUT2D eigenvalue weighted by molar-refractivity contribution is -0.142. The molecule has 1 amide bonds. The Morgan fingerprint density at radius 1 is 1.12 bits per heavy atom. The maximum Gasteiger partial charge on any atom is 0.311 e. The Balaban J connectivity index is 1.77. The average Bonchev–Trinajstić information content (AvgIpc) is 3.16. The molecule has 1 heterocycles. The second kappa shape index (κ2) is 9.83. The number of halogens is 2. The first kappa shape index (κ1) is 23.3. The molecule has 0 aliphatic heterocycles. The summed E-state index contributed by atoms with van der Waals surface area (Å²) in [6.45, 7) is 1.92. The fraction of sp³-hybridized carbons (Fsp3) is 0.150. The first-order valence-electron chi connectivity index (χ1n) is 9.18. The van der Waals surface area contributed by atoms with Gasteiger partial charge in [-0.3, -0.25) is 19.6 Å². The molecule has 8 nitrogen and oxygen atoms in total. The van der Waals surface area contributed by atoms with E-state index in [4.69, 9.17) is 4.74 Å². The highest BCUT2D eigenvalue weighted by atomic mass is 32.2. The summed E-state index contributed by atoms with van der Waals surface area (Å²) in [6, 6.07) is 7.90. The van der Waals surface area contributed by atoms with Crippen LogP contribution in [0.2, 0.25) is 0 Å². The fourth-order valence-electron chi connectivity index (χ4n) is 2.59. The molecule has 0 aliphatic carbocycles. The van der Waals surface area contributed by atoms with Gasteiger partial charge in [0.05, 0.1) is 34.9 Å². The summed E-state index contributed by atoms with van der Waals surface area (Å²) in [7, 11) is -4.30. The average molecular weight is 482 g/mol. The molecule has 0 saturated heterocycles. The summed E-state index contributed by atoms with van der Waals surface area (Å²) in [5.41, 5.74) is 0.315. The zero-order chi connectivity index (χ0) is 23.3. The number of carbonyl (C=O) groups excluding carboxylic acids is 2. The summed E-state index contributed by atoms with van der Waals surface area (Å²) < 4.78 is 58.8. The van der Waals surface area contributed by atoms with Crippen LogP contribution in [0.3, 0.4) is 0 Å². The third-order valence-corrected chi connectivity index (χ3v) is 6.19. The molecule has 0 radical (unpaired) electrons. The molecule has 3 rings (SSSR count). The van der Waals surface area contributed by atoms with Crippen LogP contribution in [0.5, 0.6) is 0 Å². The highest BCUT2D eigenvalue weighted by molar-refractivity contribution is 7.92. The molecule has 12 heteroatoms. The lowest BCUT2D eigenvalue weighted by atomic mass is 10.2. The van der Waals surface area contributed by atoms with E-state index in [1.807, 2.05) is 0 Å². The van der Waals surface area contributed by atoms with Gasteiger partial charge in [0.25, 0.3) is 15.9 Å². The van der Waals surface area contributed by atoms with E-state index >= 15 is 0 Å². The number of thiazole rings is 1. The number of hydrogen-bond acceptors (Lipinski definition) is 7. The van der Waals surface area contributed by atoms with Crippen molar-refractivity contribution in [3.05, 3.63) is 70.7 Å². The van der Waals surface area contributed by atoms with Crippen LogP contribution < -0.4 is 10.0 Å². The summed E-state index contributed by atoms with van der Waals surface area (Å²) in [5.74, 6) is -3.62. The molecule has 168 valence electrons. The summed E-state index contributed by atoms with van der Waals surface area (Å²) in [5, 5.41) is 4.33. The Kier molecular flexibility index (Phi) is 7.15. The van der Waals surface area contributed by atoms with Crippen LogP contribution in [0, 0.1) is 11.6 Å². The number of ether oxygens (including phenoxy) is 1. The minimum atomic E-state index is -4.30. The smallest absolute Gasteiger partial charge is 0.311 e. The van der Waals surface area contributed by atoms with Gasteiger partial charge < -0.3 is 4.74 Å². The van der Waals surface area contributed by atoms with Gasteiger partial charge in [-0.15, -0.1) is 11.3 Å². The van der Waals surface area contributed by atoms with Crippen LogP contribution >= 0.6 is 11.3 Å². The summed E-state index contributed by atoms with van der Waals surface area (Å²) in [6.07, 6.45) is -0.0508. The van der Waals surface area contributed by atoms with E-state index in [0.717, 1.165) is 17.4 Å². The topological polar surface area (TPSA) is 114 Å². The zero-order valence-electron chi connectivity index (χ0n) is 16.6. The normalized spacial score (nSPS) is 11.1. The van der Waals surface area contributed by atoms with Crippen molar-refractivity contribution in [3.8, 4) is 0 Å². The maximum atomic E-state index is 13.5. The summed E-state index contributed by atoms with van der Waals surface area (Å²) >= 11 is 1.08. The largest absolute Gasteiger partial charge is 0.466 e. The number of nitrogens with zero attached hydrogens (tertiary/aromatic N) is 1. The van der Waals surface area contributed by atoms with Gasteiger partial charge in [0.2, 0.25) is 0 Å². The van der Waals surface area contributed by atoms with E-state index in [-0.39, 0.29) is 29.4 Å². The van der Waals surface area contributed by atoms with Gasteiger partial charge in [0.1, 0.15) is 0 Å². The van der Waals surface area contributed by atoms with Gasteiger partial charge in [-0.2, -0.15) is 0 Å². The number of para-hydroxylation sites is 1. The number of aromatic nitrogens is 1. The number of esters is 1. The van der Waals surface area contributed by atoms with E-state index in [1.165, 1.54) is 24.3 Å². The van der Waals surface area contributed by atoms with Crippen molar-refractivity contribution in [1.82, 2.24) is 4.98 Å². The lowest BCUT2D eigenvalue weighted by Gasteiger charge is -2.12. The molecule has 0 unspecified atom stereocenters. The summed E-state index contributed by atoms with van der Waals surface area (Å²) in [4.78, 5) is 27.9. The molecular formula is C20H17F2N3O5S2. The van der Waals surface area contributed by atoms with Crippen molar-refractivity contribution < 1.29 is 31.5 Å². The number of nitrogens with one attached hydrogen (secondary N) is 2. The van der Waals surface area contributed by atoms with E-state index < -0.39 is 38.4 Å². The second-order valence-electron chi connectivity index (χ2n) is 6.31. The Bertz CT molecular complexity index is 1260. The van der Waals surface area contributed by atoms with Gasteiger partial charge >= 0.3 is 5.97 Å². The number of amides is 1. The van der Waals surface area contributed by atoms with Crippen molar-refractivity contribution in [1.29, 1.82) is 0 Å². The molecule has 0 fully saturated rings. The first-order valence-corrected chi connectivity index (χ1v) is 11.5. The molecule has 0 atom stereocenters. The zero-order valence-corrected chi connectivity index (χ0v) is 18.2. The van der Waals surface area contributed by atoms with E-state index in [2.05, 4.69) is 15.0 Å². The predicted octanol–water partition coefficient (Wildman–Crippen LogP) is 3.58. The maximum absolute atomic E-state index is 13.5. The lowest BCUT2D eigenvalue weighted by Crippen LogP contribution is -2.19. The van der Waals surface area contributed by atoms with Crippen molar-refractivity contribution in [3.63, 3.8) is 0 Å². The minimum absolute atomic E-state index is 0.0270. The molecule has 0 bridgehead atoms. The molecule has 0 aliphatic rings. The molecule has 2 N–H and O–H groups in total. The molecule has 32 heavy (non-hydrogen) atoms. The van der Waals surface area contributed by atoms with Gasteiger partial charge in [-0.25, -0.2) is 22.2 Å². The third-order valence-electron chi connectivity index (χ3n) is 4.02. The Labute approximate surface area is 186 Å². The van der Waals surface area contributed by atoms with E-state index in [9.17, 15) is 26.8 Å². The quantitative estimate of drug-likeness (QED) is 0.476. The van der Waals surface area contributed by atoms with E-state index in [0.29, 0.717) is 17.8 Å². The van der Waals surface area contributed by atoms with Crippen LogP contribution in [-0.2, 0) is 26.0 Å². The standard InChI is InChI=1S/C20H17F2N3O5S2/c1-2-30-18(26)9-12-11-31-20(23-12)24-19(27)14-5-3-4-6-17(14)25-32(28,29)13-7-8-15(21)16(22)10-13/h3-8,10-11,25H,2,9H2,1H3,(H,23,24,27). The van der Waals surface area contributed by atoms with Crippen LogP contribution in [0.4, 0.5) is 19.6 Å². The predicted molar refractivity (Wildman–Crippen MR) is 114 cm³/mol. The minimum Gasteiger partial charge on any atom is -0.466 e. The molecule has 3 aromatic rings. The number of benzene rings is 2. The molecule has 0 spiro atoms. The SMILES string of the molecule is CCOC(=O)Cc1csc(NC(=O)c2ccccc2NS(=O)(=O)c2ccc(F)c(F)c2)n1. The number of hydrogen-bond donors (Lipinski definition) is 2. The van der Waals surface area contributed by atoms with Crippen molar-refractivity contribution in [2.75, 3.05) is 16.6 Å². The van der Waals surface area contributed by atoms with Crippen LogP contribution in [0.1, 0.15) is 23.0 Å². The number of anilines is 2. The number of rotatable bonds is 8. The van der Waals surface area contributed by atoms with Gasteiger partial charge in [-0.05, 0) is 37.3 Å². The van der Waals surface area contributed by atoms with Gasteiger partial charge in [0.15, 0.2) is 16.8 Å². The second-order valence-corrected chi connectivity index (χ2v) is 8.85. The first-order chi connectivity index (χ1) is 15.2. The Hall–Kier alpha value is -3.38. The Morgan fingerprint density at radius 2 is 1.88 bits per heavy atom. The third kappa shape index (κ3) is 5.65. The van der Waals surface area contributed by atoms with Crippen LogP contribution in [-0.4, -0.2) is 31.9 Å². The number of carbonyl (C=O) groups is 2. The van der Waals surface area contributed by atoms with Gasteiger partial charge in [-0.1, -0.05) is 12.1 Å². The van der Waals surface area contributed by atoms with E-state index in [1.54, 1.807) is 12.3 Å². The monoisotopic (exact) mass is 481 g/mol. The molecule has 1 aromatic heterocycles. The number of sulfonamides is 1. The van der Waals surface area contributed by atoms with Gasteiger partial charge in [0, 0.05) is 5.38 Å². The molecule has 0 saturated carbocycles. The van der Waals surface area contributed by atoms with Crippen LogP contribution in [0.15, 0.2) is 52.7 Å². The highest BCUT2D eigenvalue weighted by Gasteiger charge is 2.21. The van der Waals surface area contributed by atoms with Crippen molar-refractivity contribution in [2.24, 2.45) is 0 Å².